The molecule has 2 heterocycles. The van der Waals surface area contributed by atoms with Gasteiger partial charge in [0.15, 0.2) is 5.82 Å². The third kappa shape index (κ3) is 4.75. The summed E-state index contributed by atoms with van der Waals surface area (Å²) < 4.78 is 5.15. The number of carbonyl (C=O) groups is 1. The number of fused-ring (bicyclic) bond motifs is 1. The number of carbonyl (C=O) groups excluding carboxylic acids is 1. The Kier molecular flexibility index (Phi) is 6.07. The van der Waals surface area contributed by atoms with E-state index in [0.29, 0.717) is 18.1 Å². The van der Waals surface area contributed by atoms with Gasteiger partial charge in [-0.2, -0.15) is 0 Å². The second-order valence-corrected chi connectivity index (χ2v) is 8.17. The zero-order valence-electron chi connectivity index (χ0n) is 15.8. The number of methoxy groups -OCH3 is 1. The van der Waals surface area contributed by atoms with Crippen LogP contribution < -0.4 is 10.1 Å². The van der Waals surface area contributed by atoms with E-state index >= 15 is 0 Å². The molecule has 0 aliphatic carbocycles. The van der Waals surface area contributed by atoms with Crippen LogP contribution in [0.3, 0.4) is 0 Å². The standard InChI is InChI=1S/C22H19N3O2S2/c1-27-16-10-8-15(9-11-16)13-23-20(26)14-29-22-17-5-2-3-6-18(17)24-21(25-22)19-7-4-12-28-19/h2-12H,13-14H2,1H3,(H,23,26). The highest BCUT2D eigenvalue weighted by Gasteiger charge is 2.12. The molecular formula is C22H19N3O2S2. The quantitative estimate of drug-likeness (QED) is 0.344. The minimum Gasteiger partial charge on any atom is -0.497 e. The number of para-hydroxylation sites is 1. The molecule has 0 aliphatic rings. The third-order valence-corrected chi connectivity index (χ3v) is 6.16. The first-order chi connectivity index (χ1) is 14.2. The number of hydrogen-bond acceptors (Lipinski definition) is 6. The number of aromatic nitrogens is 2. The van der Waals surface area contributed by atoms with Crippen LogP contribution in [0.15, 0.2) is 71.1 Å². The smallest absolute Gasteiger partial charge is 0.230 e. The lowest BCUT2D eigenvalue weighted by Gasteiger charge is -2.09. The Morgan fingerprint density at radius 2 is 1.90 bits per heavy atom. The molecule has 0 saturated carbocycles. The predicted molar refractivity (Wildman–Crippen MR) is 118 cm³/mol. The zero-order valence-corrected chi connectivity index (χ0v) is 17.4. The molecule has 4 rings (SSSR count). The Morgan fingerprint density at radius 3 is 2.66 bits per heavy atom. The van der Waals surface area contributed by atoms with Crippen LogP contribution in [0.2, 0.25) is 0 Å². The van der Waals surface area contributed by atoms with E-state index in [-0.39, 0.29) is 5.91 Å². The minimum absolute atomic E-state index is 0.0359. The Morgan fingerprint density at radius 1 is 1.07 bits per heavy atom. The summed E-state index contributed by atoms with van der Waals surface area (Å²) in [6.45, 7) is 0.481. The molecule has 2 aromatic carbocycles. The van der Waals surface area contributed by atoms with Crippen molar-refractivity contribution in [2.45, 2.75) is 11.6 Å². The first-order valence-corrected chi connectivity index (χ1v) is 10.9. The average molecular weight is 422 g/mol. The second-order valence-electron chi connectivity index (χ2n) is 6.26. The molecule has 29 heavy (non-hydrogen) atoms. The maximum Gasteiger partial charge on any atom is 0.230 e. The number of thioether (sulfide) groups is 1. The monoisotopic (exact) mass is 421 g/mol. The van der Waals surface area contributed by atoms with Gasteiger partial charge in [-0.05, 0) is 35.2 Å². The van der Waals surface area contributed by atoms with Gasteiger partial charge in [-0.3, -0.25) is 4.79 Å². The van der Waals surface area contributed by atoms with Gasteiger partial charge in [0.05, 0.1) is 23.3 Å². The lowest BCUT2D eigenvalue weighted by Crippen LogP contribution is -2.24. The summed E-state index contributed by atoms with van der Waals surface area (Å²) in [4.78, 5) is 22.8. The lowest BCUT2D eigenvalue weighted by molar-refractivity contribution is -0.118. The van der Waals surface area contributed by atoms with Gasteiger partial charge in [-0.1, -0.05) is 48.2 Å². The molecular weight excluding hydrogens is 402 g/mol. The van der Waals surface area contributed by atoms with Crippen LogP contribution in [0, 0.1) is 0 Å². The average Bonchev–Trinajstić information content (AvgIpc) is 3.31. The summed E-state index contributed by atoms with van der Waals surface area (Å²) in [5.41, 5.74) is 1.91. The van der Waals surface area contributed by atoms with Gasteiger partial charge in [0.25, 0.3) is 0 Å². The molecule has 4 aromatic rings. The summed E-state index contributed by atoms with van der Waals surface area (Å²) in [6.07, 6.45) is 0. The van der Waals surface area contributed by atoms with Crippen LogP contribution in [0.25, 0.3) is 21.6 Å². The van der Waals surface area contributed by atoms with Crippen molar-refractivity contribution in [2.75, 3.05) is 12.9 Å². The van der Waals surface area contributed by atoms with Gasteiger partial charge < -0.3 is 10.1 Å². The Balaban J connectivity index is 1.45. The van der Waals surface area contributed by atoms with Crippen molar-refractivity contribution >= 4 is 39.9 Å². The maximum absolute atomic E-state index is 12.4. The van der Waals surface area contributed by atoms with Gasteiger partial charge in [-0.15, -0.1) is 11.3 Å². The molecule has 0 spiro atoms. The molecule has 1 N–H and O–H groups in total. The summed E-state index contributed by atoms with van der Waals surface area (Å²) in [7, 11) is 1.63. The Bertz CT molecular complexity index is 1110. The van der Waals surface area contributed by atoms with Crippen LogP contribution in [0.5, 0.6) is 5.75 Å². The normalized spacial score (nSPS) is 10.8. The Hall–Kier alpha value is -2.90. The van der Waals surface area contributed by atoms with Crippen molar-refractivity contribution in [3.05, 3.63) is 71.6 Å². The fourth-order valence-electron chi connectivity index (χ4n) is 2.80. The highest BCUT2D eigenvalue weighted by molar-refractivity contribution is 8.00. The van der Waals surface area contributed by atoms with Crippen LogP contribution in [-0.2, 0) is 11.3 Å². The number of amides is 1. The summed E-state index contributed by atoms with van der Waals surface area (Å²) in [6, 6.07) is 19.5. The lowest BCUT2D eigenvalue weighted by atomic mass is 10.2. The van der Waals surface area contributed by atoms with Gasteiger partial charge in [0.1, 0.15) is 10.8 Å². The molecule has 0 atom stereocenters. The maximum atomic E-state index is 12.4. The van der Waals surface area contributed by atoms with Crippen molar-refractivity contribution < 1.29 is 9.53 Å². The van der Waals surface area contributed by atoms with E-state index in [1.807, 2.05) is 66.0 Å². The van der Waals surface area contributed by atoms with Crippen molar-refractivity contribution in [3.8, 4) is 16.5 Å². The van der Waals surface area contributed by atoms with Crippen LogP contribution in [0.1, 0.15) is 5.56 Å². The second kappa shape index (κ2) is 9.07. The molecule has 7 heteroatoms. The number of hydrogen-bond donors (Lipinski definition) is 1. The third-order valence-electron chi connectivity index (χ3n) is 4.30. The fourth-order valence-corrected chi connectivity index (χ4v) is 4.31. The zero-order chi connectivity index (χ0) is 20.1. The van der Waals surface area contributed by atoms with Crippen molar-refractivity contribution in [2.24, 2.45) is 0 Å². The number of rotatable bonds is 7. The van der Waals surface area contributed by atoms with E-state index in [9.17, 15) is 4.79 Å². The van der Waals surface area contributed by atoms with Gasteiger partial charge in [0, 0.05) is 11.9 Å². The highest BCUT2D eigenvalue weighted by atomic mass is 32.2. The molecule has 0 radical (unpaired) electrons. The number of thiophene rings is 1. The minimum atomic E-state index is -0.0359. The predicted octanol–water partition coefficient (Wildman–Crippen LogP) is 4.78. The van der Waals surface area contributed by atoms with E-state index in [1.165, 1.54) is 11.8 Å². The molecule has 146 valence electrons. The molecule has 1 amide bonds. The molecule has 0 aliphatic heterocycles. The molecule has 0 fully saturated rings. The molecule has 0 saturated heterocycles. The van der Waals surface area contributed by atoms with Crippen LogP contribution in [-0.4, -0.2) is 28.7 Å². The molecule has 0 bridgehead atoms. The van der Waals surface area contributed by atoms with Gasteiger partial charge in [-0.25, -0.2) is 9.97 Å². The number of nitrogens with zero attached hydrogens (tertiary/aromatic N) is 2. The van der Waals surface area contributed by atoms with Crippen LogP contribution >= 0.6 is 23.1 Å². The first-order valence-electron chi connectivity index (χ1n) is 9.06. The summed E-state index contributed by atoms with van der Waals surface area (Å²) in [5.74, 6) is 1.75. The van der Waals surface area contributed by atoms with Crippen molar-refractivity contribution in [1.82, 2.24) is 15.3 Å². The topological polar surface area (TPSA) is 64.1 Å². The summed E-state index contributed by atoms with van der Waals surface area (Å²) in [5, 5.41) is 6.74. The highest BCUT2D eigenvalue weighted by Crippen LogP contribution is 2.29. The largest absolute Gasteiger partial charge is 0.497 e. The molecule has 0 unspecified atom stereocenters. The van der Waals surface area contributed by atoms with Crippen LogP contribution in [0.4, 0.5) is 0 Å². The van der Waals surface area contributed by atoms with Gasteiger partial charge in [0.2, 0.25) is 5.91 Å². The Labute approximate surface area is 177 Å². The SMILES string of the molecule is COc1ccc(CNC(=O)CSc2nc(-c3cccs3)nc3ccccc23)cc1. The van der Waals surface area contributed by atoms with Gasteiger partial charge >= 0.3 is 0 Å². The fraction of sp³-hybridized carbons (Fsp3) is 0.136. The van der Waals surface area contributed by atoms with E-state index in [1.54, 1.807) is 18.4 Å². The number of nitrogens with one attached hydrogen (secondary N) is 1. The number of benzene rings is 2. The van der Waals surface area contributed by atoms with E-state index in [4.69, 9.17) is 9.72 Å². The van der Waals surface area contributed by atoms with E-state index in [0.717, 1.165) is 32.1 Å². The summed E-state index contributed by atoms with van der Waals surface area (Å²) >= 11 is 3.04. The van der Waals surface area contributed by atoms with E-state index in [2.05, 4.69) is 10.3 Å². The van der Waals surface area contributed by atoms with Crippen molar-refractivity contribution in [1.29, 1.82) is 0 Å². The molecule has 5 nitrogen and oxygen atoms in total. The molecule has 2 aromatic heterocycles. The van der Waals surface area contributed by atoms with E-state index < -0.39 is 0 Å². The number of ether oxygens (including phenoxy) is 1. The van der Waals surface area contributed by atoms with Crippen molar-refractivity contribution in [3.63, 3.8) is 0 Å². The first kappa shape index (κ1) is 19.4.